The molecule has 22 heavy (non-hydrogen) atoms. The van der Waals surface area contributed by atoms with Crippen molar-refractivity contribution in [3.8, 4) is 11.5 Å². The second-order valence-electron chi connectivity index (χ2n) is 5.73. The van der Waals surface area contributed by atoms with Crippen LogP contribution in [0.15, 0.2) is 18.2 Å². The number of likely N-dealkylation sites (tertiary alicyclic amines) is 1. The van der Waals surface area contributed by atoms with Gasteiger partial charge >= 0.3 is 5.97 Å². The third-order valence-electron chi connectivity index (χ3n) is 3.94. The summed E-state index contributed by atoms with van der Waals surface area (Å²) in [5.41, 5.74) is 0.351. The number of fused-ring (bicyclic) bond motifs is 1. The minimum Gasteiger partial charge on any atom is -0.454 e. The Hall–Kier alpha value is -2.24. The average Bonchev–Trinajstić information content (AvgIpc) is 2.99. The quantitative estimate of drug-likeness (QED) is 0.797. The zero-order valence-electron chi connectivity index (χ0n) is 12.5. The summed E-state index contributed by atoms with van der Waals surface area (Å²) in [6, 6.07) is 4.83. The molecule has 1 saturated heterocycles. The Morgan fingerprint density at radius 2 is 2.14 bits per heavy atom. The summed E-state index contributed by atoms with van der Waals surface area (Å²) in [6.07, 6.45) is 2.14. The molecule has 1 fully saturated rings. The summed E-state index contributed by atoms with van der Waals surface area (Å²) < 4.78 is 15.5. The number of hydrogen-bond donors (Lipinski definition) is 0. The van der Waals surface area contributed by atoms with Gasteiger partial charge in [-0.1, -0.05) is 6.92 Å². The fraction of sp³-hybridized carbons (Fsp3) is 0.500. The SMILES string of the molecule is CC1CCCN(C(=O)COC(=O)c2ccc3c(c2)OCO3)C1. The Bertz CT molecular complexity index is 586. The van der Waals surface area contributed by atoms with Gasteiger partial charge in [-0.25, -0.2) is 4.79 Å². The minimum atomic E-state index is -0.531. The first kappa shape index (κ1) is 14.7. The molecule has 0 aromatic heterocycles. The lowest BCUT2D eigenvalue weighted by Gasteiger charge is -2.30. The van der Waals surface area contributed by atoms with Crippen LogP contribution < -0.4 is 9.47 Å². The lowest BCUT2D eigenvalue weighted by atomic mass is 10.0. The standard InChI is InChI=1S/C16H19NO5/c1-11-3-2-6-17(8-11)15(18)9-20-16(19)12-4-5-13-14(7-12)22-10-21-13/h4-5,7,11H,2-3,6,8-10H2,1H3. The summed E-state index contributed by atoms with van der Waals surface area (Å²) in [5, 5.41) is 0. The fourth-order valence-electron chi connectivity index (χ4n) is 2.74. The van der Waals surface area contributed by atoms with Gasteiger partial charge in [0.1, 0.15) is 0 Å². The monoisotopic (exact) mass is 305 g/mol. The molecule has 2 aliphatic heterocycles. The number of carbonyl (C=O) groups excluding carboxylic acids is 2. The molecule has 2 heterocycles. The van der Waals surface area contributed by atoms with Gasteiger partial charge in [0.2, 0.25) is 6.79 Å². The maximum atomic E-state index is 12.1. The number of nitrogens with zero attached hydrogens (tertiary/aromatic N) is 1. The molecule has 0 N–H and O–H groups in total. The summed E-state index contributed by atoms with van der Waals surface area (Å²) in [5.74, 6) is 0.958. The smallest absolute Gasteiger partial charge is 0.338 e. The first-order valence-electron chi connectivity index (χ1n) is 7.48. The number of benzene rings is 1. The van der Waals surface area contributed by atoms with Crippen LogP contribution in [0.25, 0.3) is 0 Å². The Labute approximate surface area is 128 Å². The maximum absolute atomic E-state index is 12.1. The van der Waals surface area contributed by atoms with Crippen LogP contribution in [0.5, 0.6) is 11.5 Å². The van der Waals surface area contributed by atoms with Crippen molar-refractivity contribution in [1.82, 2.24) is 4.90 Å². The molecule has 0 saturated carbocycles. The highest BCUT2D eigenvalue weighted by Crippen LogP contribution is 2.32. The molecule has 1 amide bonds. The molecule has 1 aromatic rings. The summed E-state index contributed by atoms with van der Waals surface area (Å²) in [7, 11) is 0. The van der Waals surface area contributed by atoms with E-state index in [1.165, 1.54) is 0 Å². The van der Waals surface area contributed by atoms with E-state index in [0.717, 1.165) is 25.9 Å². The van der Waals surface area contributed by atoms with Gasteiger partial charge in [0.05, 0.1) is 5.56 Å². The van der Waals surface area contributed by atoms with Crippen LogP contribution in [0.3, 0.4) is 0 Å². The largest absolute Gasteiger partial charge is 0.454 e. The van der Waals surface area contributed by atoms with E-state index >= 15 is 0 Å². The Kier molecular flexibility index (Phi) is 4.18. The first-order valence-corrected chi connectivity index (χ1v) is 7.48. The van der Waals surface area contributed by atoms with Crippen molar-refractivity contribution in [2.45, 2.75) is 19.8 Å². The number of carbonyl (C=O) groups is 2. The maximum Gasteiger partial charge on any atom is 0.338 e. The van der Waals surface area contributed by atoms with Crippen LogP contribution >= 0.6 is 0 Å². The molecule has 1 unspecified atom stereocenters. The molecule has 118 valence electrons. The van der Waals surface area contributed by atoms with Crippen LogP contribution in [0, 0.1) is 5.92 Å². The molecular weight excluding hydrogens is 286 g/mol. The summed E-state index contributed by atoms with van der Waals surface area (Å²) in [6.45, 7) is 3.53. The van der Waals surface area contributed by atoms with E-state index in [-0.39, 0.29) is 19.3 Å². The third kappa shape index (κ3) is 3.16. The molecule has 0 aliphatic carbocycles. The van der Waals surface area contributed by atoms with Gasteiger partial charge in [-0.05, 0) is 37.0 Å². The van der Waals surface area contributed by atoms with E-state index in [9.17, 15) is 9.59 Å². The fourth-order valence-corrected chi connectivity index (χ4v) is 2.74. The normalized spacial score (nSPS) is 19.9. The molecule has 6 nitrogen and oxygen atoms in total. The molecule has 0 bridgehead atoms. The Balaban J connectivity index is 1.54. The molecule has 6 heteroatoms. The molecule has 2 aliphatic rings. The highest BCUT2D eigenvalue weighted by atomic mass is 16.7. The Morgan fingerprint density at radius 3 is 2.95 bits per heavy atom. The van der Waals surface area contributed by atoms with Gasteiger partial charge in [-0.2, -0.15) is 0 Å². The molecule has 0 radical (unpaired) electrons. The molecule has 0 spiro atoms. The summed E-state index contributed by atoms with van der Waals surface area (Å²) in [4.78, 5) is 25.8. The van der Waals surface area contributed by atoms with E-state index in [1.807, 2.05) is 0 Å². The first-order chi connectivity index (χ1) is 10.6. The van der Waals surface area contributed by atoms with Crippen molar-refractivity contribution in [2.75, 3.05) is 26.5 Å². The van der Waals surface area contributed by atoms with E-state index in [4.69, 9.17) is 14.2 Å². The molecule has 3 rings (SSSR count). The van der Waals surface area contributed by atoms with Crippen LogP contribution in [0.4, 0.5) is 0 Å². The molecule has 1 atom stereocenters. The predicted molar refractivity (Wildman–Crippen MR) is 77.8 cm³/mol. The highest BCUT2D eigenvalue weighted by Gasteiger charge is 2.22. The van der Waals surface area contributed by atoms with Gasteiger partial charge in [0.15, 0.2) is 18.1 Å². The van der Waals surface area contributed by atoms with Crippen LogP contribution in [0.2, 0.25) is 0 Å². The zero-order valence-corrected chi connectivity index (χ0v) is 12.5. The van der Waals surface area contributed by atoms with E-state index in [1.54, 1.807) is 23.1 Å². The van der Waals surface area contributed by atoms with Gasteiger partial charge in [-0.3, -0.25) is 4.79 Å². The third-order valence-corrected chi connectivity index (χ3v) is 3.94. The number of rotatable bonds is 3. The van der Waals surface area contributed by atoms with Crippen molar-refractivity contribution in [3.63, 3.8) is 0 Å². The average molecular weight is 305 g/mol. The number of esters is 1. The van der Waals surface area contributed by atoms with Crippen LogP contribution in [-0.2, 0) is 9.53 Å². The number of hydrogen-bond acceptors (Lipinski definition) is 5. The topological polar surface area (TPSA) is 65.1 Å². The van der Waals surface area contributed by atoms with Crippen molar-refractivity contribution >= 4 is 11.9 Å². The van der Waals surface area contributed by atoms with Gasteiger partial charge in [0.25, 0.3) is 5.91 Å². The second-order valence-corrected chi connectivity index (χ2v) is 5.73. The minimum absolute atomic E-state index is 0.138. The van der Waals surface area contributed by atoms with Crippen molar-refractivity contribution in [1.29, 1.82) is 0 Å². The highest BCUT2D eigenvalue weighted by molar-refractivity contribution is 5.92. The van der Waals surface area contributed by atoms with Crippen molar-refractivity contribution in [3.05, 3.63) is 23.8 Å². The van der Waals surface area contributed by atoms with E-state index in [0.29, 0.717) is 23.0 Å². The predicted octanol–water partition coefficient (Wildman–Crippen LogP) is 1.83. The van der Waals surface area contributed by atoms with E-state index in [2.05, 4.69) is 6.92 Å². The number of ether oxygens (including phenoxy) is 3. The number of piperidine rings is 1. The molecular formula is C16H19NO5. The van der Waals surface area contributed by atoms with E-state index < -0.39 is 5.97 Å². The Morgan fingerprint density at radius 1 is 1.32 bits per heavy atom. The molecule has 1 aromatic carbocycles. The zero-order chi connectivity index (χ0) is 15.5. The summed E-state index contributed by atoms with van der Waals surface area (Å²) >= 11 is 0. The number of amides is 1. The lowest BCUT2D eigenvalue weighted by molar-refractivity contribution is -0.136. The van der Waals surface area contributed by atoms with Crippen LogP contribution in [0.1, 0.15) is 30.1 Å². The van der Waals surface area contributed by atoms with Gasteiger partial charge in [0, 0.05) is 13.1 Å². The van der Waals surface area contributed by atoms with Crippen LogP contribution in [-0.4, -0.2) is 43.3 Å². The van der Waals surface area contributed by atoms with Crippen molar-refractivity contribution in [2.24, 2.45) is 5.92 Å². The van der Waals surface area contributed by atoms with Crippen molar-refractivity contribution < 1.29 is 23.8 Å². The van der Waals surface area contributed by atoms with Gasteiger partial charge < -0.3 is 19.1 Å². The van der Waals surface area contributed by atoms with Gasteiger partial charge in [-0.15, -0.1) is 0 Å². The second kappa shape index (κ2) is 6.25. The lowest BCUT2D eigenvalue weighted by Crippen LogP contribution is -2.41.